The molecular formula is C15H11N3O3. The lowest BCUT2D eigenvalue weighted by atomic mass is 10.0. The average Bonchev–Trinajstić information content (AvgIpc) is 2.77. The summed E-state index contributed by atoms with van der Waals surface area (Å²) in [6.45, 7) is 0.0297. The van der Waals surface area contributed by atoms with E-state index in [1.165, 1.54) is 4.90 Å². The number of hydrogen-bond acceptors (Lipinski definition) is 4. The van der Waals surface area contributed by atoms with E-state index in [1.54, 1.807) is 18.3 Å². The number of nitrogens with one attached hydrogen (secondary N) is 1. The number of anilines is 1. The van der Waals surface area contributed by atoms with E-state index in [0.29, 0.717) is 11.4 Å². The Balaban J connectivity index is 1.89. The first-order valence-electron chi connectivity index (χ1n) is 6.67. The van der Waals surface area contributed by atoms with Crippen molar-refractivity contribution in [1.29, 1.82) is 0 Å². The first kappa shape index (κ1) is 12.0. The molecule has 3 heterocycles. The van der Waals surface area contributed by atoms with Gasteiger partial charge >= 0.3 is 0 Å². The molecule has 2 aliphatic rings. The molecule has 1 saturated heterocycles. The summed E-state index contributed by atoms with van der Waals surface area (Å²) in [4.78, 5) is 41.9. The van der Waals surface area contributed by atoms with Crippen molar-refractivity contribution in [1.82, 2.24) is 10.3 Å². The molecule has 1 fully saturated rings. The fraction of sp³-hybridized carbons (Fsp3) is 0.200. The van der Waals surface area contributed by atoms with Crippen molar-refractivity contribution in [3.63, 3.8) is 0 Å². The first-order valence-corrected chi connectivity index (χ1v) is 6.67. The molecule has 2 amide bonds. The van der Waals surface area contributed by atoms with Gasteiger partial charge in [0.2, 0.25) is 5.91 Å². The highest BCUT2D eigenvalue weighted by molar-refractivity contribution is 6.26. The number of nitrogens with zero attached hydrogens (tertiary/aromatic N) is 2. The summed E-state index contributed by atoms with van der Waals surface area (Å²) >= 11 is 0. The number of carbonyl (C=O) groups is 3. The molecule has 0 saturated carbocycles. The summed E-state index contributed by atoms with van der Waals surface area (Å²) in [6.07, 6.45) is 1.64. The number of rotatable bonds is 1. The molecule has 0 radical (unpaired) electrons. The predicted octanol–water partition coefficient (Wildman–Crippen LogP) is 0.653. The second-order valence-electron chi connectivity index (χ2n) is 5.19. The average molecular weight is 281 g/mol. The van der Waals surface area contributed by atoms with E-state index in [9.17, 15) is 14.4 Å². The van der Waals surface area contributed by atoms with Crippen LogP contribution in [0.3, 0.4) is 0 Å². The van der Waals surface area contributed by atoms with Crippen LogP contribution in [0, 0.1) is 0 Å². The van der Waals surface area contributed by atoms with Crippen molar-refractivity contribution in [2.24, 2.45) is 0 Å². The van der Waals surface area contributed by atoms with Crippen LogP contribution in [0.5, 0.6) is 0 Å². The molecule has 104 valence electrons. The van der Waals surface area contributed by atoms with Gasteiger partial charge in [0.15, 0.2) is 5.78 Å². The van der Waals surface area contributed by atoms with Gasteiger partial charge in [-0.15, -0.1) is 0 Å². The van der Waals surface area contributed by atoms with Crippen LogP contribution in [0.4, 0.5) is 5.82 Å². The van der Waals surface area contributed by atoms with Gasteiger partial charge in [-0.05, 0) is 17.5 Å². The van der Waals surface area contributed by atoms with Crippen molar-refractivity contribution in [2.45, 2.75) is 12.5 Å². The molecule has 0 bridgehead atoms. The molecule has 1 N–H and O–H groups in total. The smallest absolute Gasteiger partial charge is 0.260 e. The molecular weight excluding hydrogens is 270 g/mol. The molecule has 0 aliphatic carbocycles. The van der Waals surface area contributed by atoms with E-state index in [-0.39, 0.29) is 30.6 Å². The Kier molecular flexibility index (Phi) is 2.35. The second-order valence-corrected chi connectivity index (χ2v) is 5.19. The SMILES string of the molecule is O=C1CNC(=O)C(N2C(=O)c3cccc4ccnc2c34)C1. The Morgan fingerprint density at radius 2 is 2.05 bits per heavy atom. The Morgan fingerprint density at radius 1 is 1.19 bits per heavy atom. The number of Topliss-reactive ketones (excluding diaryl/α,β-unsaturated/α-hetero) is 1. The van der Waals surface area contributed by atoms with Gasteiger partial charge in [-0.2, -0.15) is 0 Å². The van der Waals surface area contributed by atoms with Gasteiger partial charge < -0.3 is 5.32 Å². The summed E-state index contributed by atoms with van der Waals surface area (Å²) in [5.41, 5.74) is 0.529. The normalized spacial score (nSPS) is 21.0. The predicted molar refractivity (Wildman–Crippen MR) is 75.0 cm³/mol. The lowest BCUT2D eigenvalue weighted by Gasteiger charge is -2.29. The minimum Gasteiger partial charge on any atom is -0.347 e. The largest absolute Gasteiger partial charge is 0.347 e. The molecule has 1 unspecified atom stereocenters. The summed E-state index contributed by atoms with van der Waals surface area (Å²) in [5, 5.41) is 4.17. The van der Waals surface area contributed by atoms with Gasteiger partial charge in [0, 0.05) is 18.0 Å². The standard InChI is InChI=1S/C15H11N3O3/c19-9-6-11(14(20)17-7-9)18-13-12-8(4-5-16-13)2-1-3-10(12)15(18)21/h1-5,11H,6-7H2,(H,17,20). The van der Waals surface area contributed by atoms with Crippen molar-refractivity contribution in [2.75, 3.05) is 11.4 Å². The van der Waals surface area contributed by atoms with Crippen molar-refractivity contribution in [3.8, 4) is 0 Å². The third-order valence-electron chi connectivity index (χ3n) is 3.94. The van der Waals surface area contributed by atoms with Crippen LogP contribution < -0.4 is 10.2 Å². The highest BCUT2D eigenvalue weighted by Gasteiger charge is 2.41. The minimum atomic E-state index is -0.816. The van der Waals surface area contributed by atoms with Crippen LogP contribution in [-0.4, -0.2) is 35.2 Å². The molecule has 1 aromatic heterocycles. The third-order valence-corrected chi connectivity index (χ3v) is 3.94. The van der Waals surface area contributed by atoms with Crippen LogP contribution >= 0.6 is 0 Å². The molecule has 6 nitrogen and oxygen atoms in total. The van der Waals surface area contributed by atoms with Gasteiger partial charge in [-0.1, -0.05) is 12.1 Å². The van der Waals surface area contributed by atoms with Crippen LogP contribution in [0.15, 0.2) is 30.5 Å². The molecule has 4 rings (SSSR count). The molecule has 6 heteroatoms. The number of aromatic nitrogens is 1. The fourth-order valence-corrected chi connectivity index (χ4v) is 2.98. The summed E-state index contributed by atoms with van der Waals surface area (Å²) in [5.74, 6) is -0.211. The molecule has 2 aromatic rings. The number of carbonyl (C=O) groups excluding carboxylic acids is 3. The maximum atomic E-state index is 12.6. The number of piperidine rings is 1. The highest BCUT2D eigenvalue weighted by Crippen LogP contribution is 2.37. The zero-order valence-electron chi connectivity index (χ0n) is 11.0. The zero-order chi connectivity index (χ0) is 14.6. The summed E-state index contributed by atoms with van der Waals surface area (Å²) in [7, 11) is 0. The number of ketones is 1. The highest BCUT2D eigenvalue weighted by atomic mass is 16.2. The Bertz CT molecular complexity index is 810. The van der Waals surface area contributed by atoms with E-state index in [0.717, 1.165) is 10.8 Å². The van der Waals surface area contributed by atoms with E-state index < -0.39 is 6.04 Å². The summed E-state index contributed by atoms with van der Waals surface area (Å²) in [6, 6.07) is 6.43. The maximum absolute atomic E-state index is 12.6. The Morgan fingerprint density at radius 3 is 2.90 bits per heavy atom. The molecule has 1 aromatic carbocycles. The van der Waals surface area contributed by atoms with Crippen molar-refractivity contribution in [3.05, 3.63) is 36.0 Å². The summed E-state index contributed by atoms with van der Waals surface area (Å²) < 4.78 is 0. The number of benzene rings is 1. The second kappa shape index (κ2) is 4.12. The van der Waals surface area contributed by atoms with Crippen LogP contribution in [0.25, 0.3) is 10.8 Å². The van der Waals surface area contributed by atoms with Gasteiger partial charge in [-0.25, -0.2) is 4.98 Å². The zero-order valence-corrected chi connectivity index (χ0v) is 11.0. The third kappa shape index (κ3) is 1.59. The van der Waals surface area contributed by atoms with Crippen LogP contribution in [0.2, 0.25) is 0 Å². The lowest BCUT2D eigenvalue weighted by Crippen LogP contribution is -2.54. The number of pyridine rings is 1. The molecule has 2 aliphatic heterocycles. The number of amides is 2. The Labute approximate surface area is 119 Å². The van der Waals surface area contributed by atoms with E-state index in [4.69, 9.17) is 0 Å². The minimum absolute atomic E-state index is 0.0297. The quantitative estimate of drug-likeness (QED) is 0.832. The van der Waals surface area contributed by atoms with Gasteiger partial charge in [0.1, 0.15) is 11.9 Å². The topological polar surface area (TPSA) is 79.4 Å². The van der Waals surface area contributed by atoms with E-state index >= 15 is 0 Å². The lowest BCUT2D eigenvalue weighted by molar-refractivity contribution is -0.131. The van der Waals surface area contributed by atoms with Gasteiger partial charge in [0.05, 0.1) is 12.1 Å². The molecule has 0 spiro atoms. The van der Waals surface area contributed by atoms with Gasteiger partial charge in [0.25, 0.3) is 5.91 Å². The van der Waals surface area contributed by atoms with Crippen molar-refractivity contribution < 1.29 is 14.4 Å². The van der Waals surface area contributed by atoms with Crippen LogP contribution in [0.1, 0.15) is 16.8 Å². The monoisotopic (exact) mass is 281 g/mol. The van der Waals surface area contributed by atoms with Crippen molar-refractivity contribution >= 4 is 34.2 Å². The first-order chi connectivity index (χ1) is 10.2. The van der Waals surface area contributed by atoms with E-state index in [2.05, 4.69) is 10.3 Å². The molecule has 1 atom stereocenters. The molecule has 21 heavy (non-hydrogen) atoms. The fourth-order valence-electron chi connectivity index (χ4n) is 2.98. The number of hydrogen-bond donors (Lipinski definition) is 1. The van der Waals surface area contributed by atoms with E-state index in [1.807, 2.05) is 12.1 Å². The van der Waals surface area contributed by atoms with Gasteiger partial charge in [-0.3, -0.25) is 19.3 Å². The van der Waals surface area contributed by atoms with Crippen LogP contribution in [-0.2, 0) is 9.59 Å². The Hall–Kier alpha value is -2.76. The maximum Gasteiger partial charge on any atom is 0.260 e.